The molecule has 190 valence electrons. The summed E-state index contributed by atoms with van der Waals surface area (Å²) in [5.41, 5.74) is 2.01. The summed E-state index contributed by atoms with van der Waals surface area (Å²) in [6.07, 6.45) is 0. The van der Waals surface area contributed by atoms with Crippen LogP contribution in [0.1, 0.15) is 34.8 Å². The van der Waals surface area contributed by atoms with E-state index >= 15 is 0 Å². The van der Waals surface area contributed by atoms with Crippen LogP contribution in [0.2, 0.25) is 0 Å². The minimum atomic E-state index is -0.821. The van der Waals surface area contributed by atoms with Crippen molar-refractivity contribution in [3.63, 3.8) is 0 Å². The summed E-state index contributed by atoms with van der Waals surface area (Å²) in [5, 5.41) is 2.69. The first kappa shape index (κ1) is 24.3. The molecule has 3 aromatic carbocycles. The Morgan fingerprint density at radius 2 is 1.81 bits per heavy atom. The highest BCUT2D eigenvalue weighted by Crippen LogP contribution is 2.28. The number of carbonyl (C=O) groups is 1. The predicted octanol–water partition coefficient (Wildman–Crippen LogP) is 4.97. The lowest BCUT2D eigenvalue weighted by molar-refractivity contribution is 0.0947. The second-order valence-electron chi connectivity index (χ2n) is 8.54. The van der Waals surface area contributed by atoms with Crippen LogP contribution in [-0.2, 0) is 7.05 Å². The number of hydrogen-bond donors (Lipinski definition) is 2. The number of imidazole rings is 2. The Bertz CT molecular complexity index is 1650. The van der Waals surface area contributed by atoms with Crippen LogP contribution in [0.3, 0.4) is 0 Å². The van der Waals surface area contributed by atoms with Crippen LogP contribution in [0.4, 0.5) is 17.6 Å². The van der Waals surface area contributed by atoms with E-state index in [-0.39, 0.29) is 41.8 Å². The van der Waals surface area contributed by atoms with Gasteiger partial charge in [0.25, 0.3) is 5.91 Å². The van der Waals surface area contributed by atoms with Gasteiger partial charge in [0.15, 0.2) is 17.4 Å². The topological polar surface area (TPSA) is 84.8 Å². The molecule has 0 radical (unpaired) electrons. The molecule has 5 aromatic rings. The van der Waals surface area contributed by atoms with E-state index in [9.17, 15) is 22.4 Å². The van der Waals surface area contributed by atoms with E-state index < -0.39 is 23.3 Å². The van der Waals surface area contributed by atoms with Gasteiger partial charge in [-0.1, -0.05) is 0 Å². The maximum atomic E-state index is 14.1. The molecule has 0 aliphatic carbocycles. The molecule has 0 bridgehead atoms. The number of ether oxygens (including phenoxy) is 1. The molecular formula is C26H21F4N5O2. The molecule has 0 spiro atoms. The lowest BCUT2D eigenvalue weighted by Crippen LogP contribution is -2.28. The fourth-order valence-corrected chi connectivity index (χ4v) is 4.15. The number of aromatic nitrogens is 4. The number of fused-ring (bicyclic) bond motifs is 2. The van der Waals surface area contributed by atoms with Crippen molar-refractivity contribution in [2.24, 2.45) is 7.05 Å². The molecule has 2 aromatic heterocycles. The maximum Gasteiger partial charge on any atom is 0.251 e. The van der Waals surface area contributed by atoms with Crippen molar-refractivity contribution < 1.29 is 27.1 Å². The van der Waals surface area contributed by atoms with E-state index in [0.29, 0.717) is 28.2 Å². The van der Waals surface area contributed by atoms with E-state index in [1.54, 1.807) is 29.8 Å². The highest BCUT2D eigenvalue weighted by molar-refractivity contribution is 5.97. The second-order valence-corrected chi connectivity index (χ2v) is 8.54. The SMILES string of the molecule is CC(c1nc2c(F)cc(F)cc2[nH]1)c1nc2ccc(C(=O)NCCOc3ccc(F)cc3F)cc2n1C. The van der Waals surface area contributed by atoms with Crippen molar-refractivity contribution in [2.75, 3.05) is 13.2 Å². The van der Waals surface area contributed by atoms with Crippen molar-refractivity contribution in [2.45, 2.75) is 12.8 Å². The minimum absolute atomic E-state index is 0.00803. The number of rotatable bonds is 7. The molecule has 0 saturated carbocycles. The lowest BCUT2D eigenvalue weighted by atomic mass is 10.1. The van der Waals surface area contributed by atoms with Gasteiger partial charge in [-0.3, -0.25) is 4.79 Å². The number of H-pyrrole nitrogens is 1. The van der Waals surface area contributed by atoms with Crippen molar-refractivity contribution in [3.05, 3.63) is 89.0 Å². The number of nitrogens with one attached hydrogen (secondary N) is 2. The number of aromatic amines is 1. The zero-order valence-corrected chi connectivity index (χ0v) is 19.8. The average Bonchev–Trinajstić information content (AvgIpc) is 3.43. The molecule has 37 heavy (non-hydrogen) atoms. The Morgan fingerprint density at radius 3 is 2.59 bits per heavy atom. The summed E-state index contributed by atoms with van der Waals surface area (Å²) < 4.78 is 61.4. The molecule has 1 atom stereocenters. The molecule has 0 aliphatic heterocycles. The van der Waals surface area contributed by atoms with E-state index in [1.807, 2.05) is 6.92 Å². The number of aryl methyl sites for hydroxylation is 1. The van der Waals surface area contributed by atoms with E-state index in [1.165, 1.54) is 12.1 Å². The largest absolute Gasteiger partial charge is 0.489 e. The molecule has 1 unspecified atom stereocenters. The fourth-order valence-electron chi connectivity index (χ4n) is 4.15. The molecular weight excluding hydrogens is 490 g/mol. The van der Waals surface area contributed by atoms with E-state index in [2.05, 4.69) is 20.3 Å². The van der Waals surface area contributed by atoms with Gasteiger partial charge in [-0.2, -0.15) is 0 Å². The maximum absolute atomic E-state index is 14.1. The predicted molar refractivity (Wildman–Crippen MR) is 128 cm³/mol. The quantitative estimate of drug-likeness (QED) is 0.239. The van der Waals surface area contributed by atoms with Crippen LogP contribution in [0.25, 0.3) is 22.1 Å². The second kappa shape index (κ2) is 9.57. The summed E-state index contributed by atoms with van der Waals surface area (Å²) in [5.74, 6) is -2.79. The van der Waals surface area contributed by atoms with Gasteiger partial charge in [-0.05, 0) is 43.3 Å². The zero-order chi connectivity index (χ0) is 26.3. The molecule has 11 heteroatoms. The van der Waals surface area contributed by atoms with Gasteiger partial charge in [0.05, 0.1) is 29.0 Å². The van der Waals surface area contributed by atoms with Gasteiger partial charge in [0.1, 0.15) is 35.4 Å². The molecule has 0 aliphatic rings. The third kappa shape index (κ3) is 4.72. The summed E-state index contributed by atoms with van der Waals surface area (Å²) in [4.78, 5) is 24.5. The van der Waals surface area contributed by atoms with Crippen molar-refractivity contribution >= 4 is 28.0 Å². The normalized spacial score (nSPS) is 12.3. The van der Waals surface area contributed by atoms with Crippen molar-refractivity contribution in [1.82, 2.24) is 24.8 Å². The van der Waals surface area contributed by atoms with Crippen LogP contribution in [-0.4, -0.2) is 38.6 Å². The van der Waals surface area contributed by atoms with Crippen LogP contribution in [0, 0.1) is 23.3 Å². The fraction of sp³-hybridized carbons (Fsp3) is 0.192. The molecule has 2 N–H and O–H groups in total. The smallest absolute Gasteiger partial charge is 0.251 e. The number of carbonyl (C=O) groups excluding carboxylic acids is 1. The van der Waals surface area contributed by atoms with Crippen molar-refractivity contribution in [1.29, 1.82) is 0 Å². The van der Waals surface area contributed by atoms with Crippen LogP contribution in [0.15, 0.2) is 48.5 Å². The zero-order valence-electron chi connectivity index (χ0n) is 19.8. The van der Waals surface area contributed by atoms with E-state index in [4.69, 9.17) is 4.74 Å². The summed E-state index contributed by atoms with van der Waals surface area (Å²) >= 11 is 0. The number of halogens is 4. The molecule has 1 amide bonds. The highest BCUT2D eigenvalue weighted by atomic mass is 19.1. The first-order valence-electron chi connectivity index (χ1n) is 11.4. The standard InChI is InChI=1S/C26H21F4N5O2/c1-13(24-32-20-12-16(28)11-18(30)23(20)34-24)25-33-19-5-3-14(9-21(19)35(25)2)26(36)31-7-8-37-22-6-4-15(27)10-17(22)29/h3-6,9-13H,7-8H2,1-2H3,(H,31,36)(H,32,34). The Morgan fingerprint density at radius 1 is 1.03 bits per heavy atom. The van der Waals surface area contributed by atoms with Crippen LogP contribution in [0.5, 0.6) is 5.75 Å². The summed E-state index contributed by atoms with van der Waals surface area (Å²) in [6.45, 7) is 1.93. The molecule has 2 heterocycles. The molecule has 0 fully saturated rings. The minimum Gasteiger partial charge on any atom is -0.489 e. The van der Waals surface area contributed by atoms with E-state index in [0.717, 1.165) is 18.2 Å². The van der Waals surface area contributed by atoms with Gasteiger partial charge < -0.3 is 19.6 Å². The van der Waals surface area contributed by atoms with Crippen LogP contribution < -0.4 is 10.1 Å². The summed E-state index contributed by atoms with van der Waals surface area (Å²) in [6, 6.07) is 9.97. The Kier molecular flexibility index (Phi) is 6.28. The van der Waals surface area contributed by atoms with Gasteiger partial charge >= 0.3 is 0 Å². The Labute approximate surface area is 208 Å². The Hall–Kier alpha value is -4.41. The molecule has 0 saturated heterocycles. The van der Waals surface area contributed by atoms with Gasteiger partial charge in [0.2, 0.25) is 0 Å². The molecule has 5 rings (SSSR count). The summed E-state index contributed by atoms with van der Waals surface area (Å²) in [7, 11) is 1.79. The Balaban J connectivity index is 1.30. The number of hydrogen-bond acceptors (Lipinski definition) is 4. The first-order chi connectivity index (χ1) is 17.7. The van der Waals surface area contributed by atoms with Gasteiger partial charge in [-0.15, -0.1) is 0 Å². The lowest BCUT2D eigenvalue weighted by Gasteiger charge is -2.10. The van der Waals surface area contributed by atoms with Gasteiger partial charge in [0, 0.05) is 24.7 Å². The van der Waals surface area contributed by atoms with Gasteiger partial charge in [-0.25, -0.2) is 27.5 Å². The number of benzene rings is 3. The average molecular weight is 511 g/mol. The number of amides is 1. The third-order valence-corrected chi connectivity index (χ3v) is 6.04. The highest BCUT2D eigenvalue weighted by Gasteiger charge is 2.21. The molecule has 7 nitrogen and oxygen atoms in total. The monoisotopic (exact) mass is 511 g/mol. The van der Waals surface area contributed by atoms with Crippen molar-refractivity contribution in [3.8, 4) is 5.75 Å². The first-order valence-corrected chi connectivity index (χ1v) is 11.4. The van der Waals surface area contributed by atoms with Crippen LogP contribution >= 0.6 is 0 Å². The number of nitrogens with zero attached hydrogens (tertiary/aromatic N) is 3. The third-order valence-electron chi connectivity index (χ3n) is 6.04.